The van der Waals surface area contributed by atoms with Gasteiger partial charge in [-0.3, -0.25) is 4.79 Å². The summed E-state index contributed by atoms with van der Waals surface area (Å²) in [6.45, 7) is 5.74. The van der Waals surface area contributed by atoms with Gasteiger partial charge in [0.1, 0.15) is 11.6 Å². The average Bonchev–Trinajstić information content (AvgIpc) is 2.87. The number of carbonyl (C=O) groups is 1. The number of nitrogens with zero attached hydrogens (tertiary/aromatic N) is 4. The number of rotatable bonds is 8. The molecule has 0 saturated carbocycles. The highest BCUT2D eigenvalue weighted by Gasteiger charge is 2.13. The molecule has 2 aromatic heterocycles. The predicted molar refractivity (Wildman–Crippen MR) is 130 cm³/mol. The van der Waals surface area contributed by atoms with Crippen LogP contribution in [0.3, 0.4) is 0 Å². The van der Waals surface area contributed by atoms with Crippen molar-refractivity contribution >= 4 is 28.8 Å². The van der Waals surface area contributed by atoms with Gasteiger partial charge in [0.15, 0.2) is 5.78 Å². The van der Waals surface area contributed by atoms with Gasteiger partial charge in [0.05, 0.1) is 0 Å². The van der Waals surface area contributed by atoms with Gasteiger partial charge in [-0.2, -0.15) is 0 Å². The van der Waals surface area contributed by atoms with E-state index in [0.717, 1.165) is 36.1 Å². The zero-order valence-electron chi connectivity index (χ0n) is 18.3. The first-order chi connectivity index (χ1) is 15.7. The van der Waals surface area contributed by atoms with Crippen LogP contribution in [-0.4, -0.2) is 28.8 Å². The first kappa shape index (κ1) is 21.2. The summed E-state index contributed by atoms with van der Waals surface area (Å²) >= 11 is 0. The molecule has 0 bridgehead atoms. The summed E-state index contributed by atoms with van der Waals surface area (Å²) in [4.78, 5) is 26.1. The van der Waals surface area contributed by atoms with Crippen molar-refractivity contribution in [3.05, 3.63) is 108 Å². The molecule has 4 aromatic rings. The van der Waals surface area contributed by atoms with Gasteiger partial charge in [-0.15, -0.1) is 0 Å². The molecule has 4 rings (SSSR count). The average molecular weight is 423 g/mol. The van der Waals surface area contributed by atoms with Crippen LogP contribution in [0.2, 0.25) is 0 Å². The third-order valence-corrected chi connectivity index (χ3v) is 5.37. The van der Waals surface area contributed by atoms with Crippen molar-refractivity contribution in [2.75, 3.05) is 22.9 Å². The summed E-state index contributed by atoms with van der Waals surface area (Å²) in [6.07, 6.45) is 3.57. The van der Waals surface area contributed by atoms with Gasteiger partial charge in [0, 0.05) is 48.0 Å². The quantitative estimate of drug-likeness (QED) is 0.325. The van der Waals surface area contributed by atoms with E-state index in [0.29, 0.717) is 11.1 Å². The molecule has 0 unspecified atom stereocenters. The maximum atomic E-state index is 13.0. The highest BCUT2D eigenvalue weighted by Crippen LogP contribution is 2.26. The maximum Gasteiger partial charge on any atom is 0.193 e. The van der Waals surface area contributed by atoms with Crippen molar-refractivity contribution in [1.82, 2.24) is 9.97 Å². The lowest BCUT2D eigenvalue weighted by Crippen LogP contribution is -2.17. The van der Waals surface area contributed by atoms with E-state index in [1.807, 2.05) is 84.9 Å². The Morgan fingerprint density at radius 1 is 0.625 bits per heavy atom. The first-order valence-corrected chi connectivity index (χ1v) is 10.8. The lowest BCUT2D eigenvalue weighted by atomic mass is 10.0. The molecule has 0 aliphatic rings. The van der Waals surface area contributed by atoms with Crippen molar-refractivity contribution < 1.29 is 4.79 Å². The minimum absolute atomic E-state index is 0.00451. The molecule has 2 aromatic carbocycles. The third-order valence-electron chi connectivity index (χ3n) is 5.37. The van der Waals surface area contributed by atoms with E-state index in [1.54, 1.807) is 12.4 Å². The SMILES string of the molecule is CCN(c1ccc(C(=O)c2ccc(N(CC)c3ccccn3)cc2)cc1)c1ccccn1. The number of carbonyl (C=O) groups excluding carboxylic acids is 1. The van der Waals surface area contributed by atoms with Crippen molar-refractivity contribution in [3.8, 4) is 0 Å². The fourth-order valence-electron chi connectivity index (χ4n) is 3.73. The maximum absolute atomic E-state index is 13.0. The minimum atomic E-state index is 0.00451. The summed E-state index contributed by atoms with van der Waals surface area (Å²) in [5, 5.41) is 0. The molecule has 0 atom stereocenters. The predicted octanol–water partition coefficient (Wildman–Crippen LogP) is 6.02. The smallest absolute Gasteiger partial charge is 0.193 e. The van der Waals surface area contributed by atoms with Crippen LogP contribution in [0.4, 0.5) is 23.0 Å². The Kier molecular flexibility index (Phi) is 6.56. The number of hydrogen-bond acceptors (Lipinski definition) is 5. The van der Waals surface area contributed by atoms with E-state index >= 15 is 0 Å². The zero-order valence-corrected chi connectivity index (χ0v) is 18.3. The number of benzene rings is 2. The van der Waals surface area contributed by atoms with Gasteiger partial charge in [0.25, 0.3) is 0 Å². The molecule has 160 valence electrons. The second-order valence-corrected chi connectivity index (χ2v) is 7.29. The largest absolute Gasteiger partial charge is 0.327 e. The minimum Gasteiger partial charge on any atom is -0.327 e. The number of ketones is 1. The second kappa shape index (κ2) is 9.88. The Bertz CT molecular complexity index is 1050. The van der Waals surface area contributed by atoms with Crippen LogP contribution in [0.15, 0.2) is 97.3 Å². The van der Waals surface area contributed by atoms with Gasteiger partial charge in [-0.05, 0) is 86.6 Å². The fraction of sp³-hybridized carbons (Fsp3) is 0.148. The highest BCUT2D eigenvalue weighted by atomic mass is 16.1. The van der Waals surface area contributed by atoms with Gasteiger partial charge < -0.3 is 9.80 Å². The molecular formula is C27H26N4O. The summed E-state index contributed by atoms with van der Waals surface area (Å²) < 4.78 is 0. The molecule has 0 radical (unpaired) electrons. The van der Waals surface area contributed by atoms with Gasteiger partial charge >= 0.3 is 0 Å². The molecule has 0 aliphatic carbocycles. The monoisotopic (exact) mass is 422 g/mol. The molecule has 0 fully saturated rings. The van der Waals surface area contributed by atoms with Crippen LogP contribution in [0.25, 0.3) is 0 Å². The lowest BCUT2D eigenvalue weighted by Gasteiger charge is -2.22. The van der Waals surface area contributed by atoms with Crippen molar-refractivity contribution in [2.45, 2.75) is 13.8 Å². The van der Waals surface area contributed by atoms with Crippen LogP contribution in [0.1, 0.15) is 29.8 Å². The zero-order chi connectivity index (χ0) is 22.3. The van der Waals surface area contributed by atoms with E-state index in [4.69, 9.17) is 0 Å². The van der Waals surface area contributed by atoms with E-state index in [9.17, 15) is 4.79 Å². The molecule has 0 saturated heterocycles. The third kappa shape index (κ3) is 4.52. The summed E-state index contributed by atoms with van der Waals surface area (Å²) in [5.41, 5.74) is 3.34. The lowest BCUT2D eigenvalue weighted by molar-refractivity contribution is 0.103. The van der Waals surface area contributed by atoms with E-state index in [1.165, 1.54) is 0 Å². The number of hydrogen-bond donors (Lipinski definition) is 0. The Hall–Kier alpha value is -3.99. The van der Waals surface area contributed by atoms with Gasteiger partial charge in [0.2, 0.25) is 0 Å². The summed E-state index contributed by atoms with van der Waals surface area (Å²) in [6, 6.07) is 27.1. The molecule has 0 amide bonds. The standard InChI is InChI=1S/C27H26N4O/c1-3-30(25-9-5-7-19-28-25)23-15-11-21(12-16-23)27(32)22-13-17-24(18-14-22)31(4-2)26-10-6-8-20-29-26/h5-20H,3-4H2,1-2H3. The van der Waals surface area contributed by atoms with E-state index in [-0.39, 0.29) is 5.78 Å². The summed E-state index contributed by atoms with van der Waals surface area (Å²) in [5.74, 6) is 1.78. The molecule has 0 aliphatic heterocycles. The van der Waals surface area contributed by atoms with Crippen LogP contribution < -0.4 is 9.80 Å². The van der Waals surface area contributed by atoms with Crippen LogP contribution in [-0.2, 0) is 0 Å². The van der Waals surface area contributed by atoms with Crippen molar-refractivity contribution in [2.24, 2.45) is 0 Å². The Morgan fingerprint density at radius 2 is 1.03 bits per heavy atom. The molecule has 2 heterocycles. The van der Waals surface area contributed by atoms with Crippen LogP contribution >= 0.6 is 0 Å². The first-order valence-electron chi connectivity index (χ1n) is 10.8. The Labute approximate surface area is 189 Å². The van der Waals surface area contributed by atoms with Crippen molar-refractivity contribution in [1.29, 1.82) is 0 Å². The van der Waals surface area contributed by atoms with E-state index in [2.05, 4.69) is 33.6 Å². The second-order valence-electron chi connectivity index (χ2n) is 7.29. The topological polar surface area (TPSA) is 49.3 Å². The summed E-state index contributed by atoms with van der Waals surface area (Å²) in [7, 11) is 0. The Morgan fingerprint density at radius 3 is 1.34 bits per heavy atom. The van der Waals surface area contributed by atoms with Gasteiger partial charge in [-0.1, -0.05) is 12.1 Å². The number of anilines is 4. The normalized spacial score (nSPS) is 10.6. The number of aromatic nitrogens is 2. The fourth-order valence-corrected chi connectivity index (χ4v) is 3.73. The van der Waals surface area contributed by atoms with Crippen LogP contribution in [0, 0.1) is 0 Å². The molecule has 0 N–H and O–H groups in total. The molecular weight excluding hydrogens is 396 g/mol. The molecule has 32 heavy (non-hydrogen) atoms. The van der Waals surface area contributed by atoms with Crippen LogP contribution in [0.5, 0.6) is 0 Å². The van der Waals surface area contributed by atoms with Crippen molar-refractivity contribution in [3.63, 3.8) is 0 Å². The Balaban J connectivity index is 1.52. The highest BCUT2D eigenvalue weighted by molar-refractivity contribution is 6.09. The van der Waals surface area contributed by atoms with E-state index < -0.39 is 0 Å². The number of pyridine rings is 2. The van der Waals surface area contributed by atoms with Gasteiger partial charge in [-0.25, -0.2) is 9.97 Å². The molecule has 5 heteroatoms. The molecule has 5 nitrogen and oxygen atoms in total. The molecule has 0 spiro atoms.